The highest BCUT2D eigenvalue weighted by atomic mass is 16.3. The maximum Gasteiger partial charge on any atom is 0.139 e. The van der Waals surface area contributed by atoms with Crippen molar-refractivity contribution >= 4 is 5.78 Å². The number of fused-ring (bicyclic) bond motifs is 6. The van der Waals surface area contributed by atoms with E-state index in [2.05, 4.69) is 46.8 Å². The fraction of sp³-hybridized carbons (Fsp3) is 0.828. The Morgan fingerprint density at radius 1 is 1.16 bits per heavy atom. The normalized spacial score (nSPS) is 45.9. The predicted octanol–water partition coefficient (Wildman–Crippen LogP) is 6.88. The van der Waals surface area contributed by atoms with Gasteiger partial charge in [0.15, 0.2) is 0 Å². The van der Waals surface area contributed by atoms with Gasteiger partial charge in [0.2, 0.25) is 0 Å². The SMILES string of the molecule is CC(C)=CCC[C@@H](C)[C@H]1CC[C@H]2[C@@H]3CC=C4C5(CC5)[C@@H](O)CC[C@]4(C)[C@H]3CC(=O)[C@]12C. The highest BCUT2D eigenvalue weighted by Crippen LogP contribution is 2.72. The summed E-state index contributed by atoms with van der Waals surface area (Å²) in [5.41, 5.74) is 3.07. The van der Waals surface area contributed by atoms with E-state index in [0.717, 1.165) is 44.9 Å². The molecule has 5 rings (SSSR count). The van der Waals surface area contributed by atoms with Crippen LogP contribution in [-0.2, 0) is 4.79 Å². The number of hydrogen-bond donors (Lipinski definition) is 1. The summed E-state index contributed by atoms with van der Waals surface area (Å²) in [4.78, 5) is 13.9. The summed E-state index contributed by atoms with van der Waals surface area (Å²) in [6.45, 7) is 11.6. The fourth-order valence-electron chi connectivity index (χ4n) is 9.30. The Labute approximate surface area is 190 Å². The van der Waals surface area contributed by atoms with Crippen LogP contribution in [0.5, 0.6) is 0 Å². The second kappa shape index (κ2) is 7.31. The molecular formula is C29H44O2. The molecule has 4 saturated carbocycles. The molecule has 0 radical (unpaired) electrons. The molecule has 0 amide bonds. The van der Waals surface area contributed by atoms with Crippen LogP contribution in [-0.4, -0.2) is 17.0 Å². The van der Waals surface area contributed by atoms with Gasteiger partial charge in [-0.3, -0.25) is 4.79 Å². The van der Waals surface area contributed by atoms with Crippen molar-refractivity contribution in [1.29, 1.82) is 0 Å². The lowest BCUT2D eigenvalue weighted by molar-refractivity contribution is -0.148. The van der Waals surface area contributed by atoms with E-state index in [0.29, 0.717) is 35.4 Å². The van der Waals surface area contributed by atoms with Gasteiger partial charge < -0.3 is 5.11 Å². The molecule has 0 aliphatic heterocycles. The van der Waals surface area contributed by atoms with Gasteiger partial charge >= 0.3 is 0 Å². The van der Waals surface area contributed by atoms with Crippen LogP contribution in [0.3, 0.4) is 0 Å². The lowest BCUT2D eigenvalue weighted by Crippen LogP contribution is -2.56. The predicted molar refractivity (Wildman–Crippen MR) is 126 cm³/mol. The Morgan fingerprint density at radius 3 is 2.58 bits per heavy atom. The van der Waals surface area contributed by atoms with Gasteiger partial charge in [-0.25, -0.2) is 0 Å². The molecule has 0 aromatic carbocycles. The lowest BCUT2D eigenvalue weighted by Gasteiger charge is -2.59. The van der Waals surface area contributed by atoms with Crippen molar-refractivity contribution in [2.24, 2.45) is 45.8 Å². The van der Waals surface area contributed by atoms with E-state index in [-0.39, 0.29) is 22.3 Å². The first kappa shape index (κ1) is 21.9. The monoisotopic (exact) mass is 424 g/mol. The van der Waals surface area contributed by atoms with Gasteiger partial charge in [-0.1, -0.05) is 44.1 Å². The zero-order chi connectivity index (χ0) is 22.2. The first-order valence-corrected chi connectivity index (χ1v) is 13.2. The van der Waals surface area contributed by atoms with E-state index in [4.69, 9.17) is 0 Å². The van der Waals surface area contributed by atoms with Crippen molar-refractivity contribution in [3.8, 4) is 0 Å². The molecule has 1 spiro atoms. The molecule has 0 heterocycles. The van der Waals surface area contributed by atoms with Gasteiger partial charge in [0.05, 0.1) is 6.10 Å². The van der Waals surface area contributed by atoms with Gasteiger partial charge in [0, 0.05) is 17.3 Å². The quantitative estimate of drug-likeness (QED) is 0.500. The van der Waals surface area contributed by atoms with Crippen molar-refractivity contribution in [1.82, 2.24) is 0 Å². The molecule has 0 unspecified atom stereocenters. The Kier molecular flexibility index (Phi) is 5.17. The molecule has 2 heteroatoms. The number of carbonyl (C=O) groups is 1. The summed E-state index contributed by atoms with van der Waals surface area (Å²) in [7, 11) is 0. The molecule has 0 aromatic heterocycles. The van der Waals surface area contributed by atoms with Crippen LogP contribution in [0.1, 0.15) is 98.8 Å². The molecular weight excluding hydrogens is 380 g/mol. The van der Waals surface area contributed by atoms with Crippen LogP contribution in [0.4, 0.5) is 0 Å². The average molecular weight is 425 g/mol. The van der Waals surface area contributed by atoms with Crippen molar-refractivity contribution in [3.63, 3.8) is 0 Å². The van der Waals surface area contributed by atoms with Crippen LogP contribution in [0, 0.1) is 45.8 Å². The van der Waals surface area contributed by atoms with E-state index in [1.54, 1.807) is 5.57 Å². The number of aliphatic hydroxyl groups excluding tert-OH is 1. The third-order valence-electron chi connectivity index (χ3n) is 11.2. The third-order valence-corrected chi connectivity index (χ3v) is 11.2. The molecule has 1 N–H and O–H groups in total. The van der Waals surface area contributed by atoms with E-state index in [1.807, 2.05) is 0 Å². The molecule has 0 aromatic rings. The van der Waals surface area contributed by atoms with Gasteiger partial charge in [-0.05, 0) is 107 Å². The molecule has 8 atom stereocenters. The molecule has 0 saturated heterocycles. The summed E-state index contributed by atoms with van der Waals surface area (Å²) in [5, 5.41) is 10.8. The minimum atomic E-state index is -0.148. The topological polar surface area (TPSA) is 37.3 Å². The highest BCUT2D eigenvalue weighted by Gasteiger charge is 2.67. The minimum Gasteiger partial charge on any atom is -0.392 e. The maximum atomic E-state index is 13.9. The lowest BCUT2D eigenvalue weighted by atomic mass is 9.45. The van der Waals surface area contributed by atoms with Crippen molar-refractivity contribution in [2.45, 2.75) is 105 Å². The van der Waals surface area contributed by atoms with Crippen LogP contribution in [0.25, 0.3) is 0 Å². The summed E-state index contributed by atoms with van der Waals surface area (Å²) < 4.78 is 0. The summed E-state index contributed by atoms with van der Waals surface area (Å²) in [5.74, 6) is 3.48. The Morgan fingerprint density at radius 2 is 1.90 bits per heavy atom. The van der Waals surface area contributed by atoms with Gasteiger partial charge in [0.25, 0.3) is 0 Å². The number of Topliss-reactive ketones (excluding diaryl/α,β-unsaturated/α-hetero) is 1. The van der Waals surface area contributed by atoms with Gasteiger partial charge in [0.1, 0.15) is 5.78 Å². The highest BCUT2D eigenvalue weighted by molar-refractivity contribution is 5.87. The molecule has 4 fully saturated rings. The first-order valence-electron chi connectivity index (χ1n) is 13.2. The number of aliphatic hydroxyl groups is 1. The summed E-state index contributed by atoms with van der Waals surface area (Å²) in [6.07, 6.45) is 15.9. The van der Waals surface area contributed by atoms with Crippen LogP contribution in [0.2, 0.25) is 0 Å². The average Bonchev–Trinajstić information content (AvgIpc) is 3.42. The second-order valence-corrected chi connectivity index (χ2v) is 12.8. The van der Waals surface area contributed by atoms with Gasteiger partial charge in [-0.2, -0.15) is 0 Å². The van der Waals surface area contributed by atoms with E-state index >= 15 is 0 Å². The Balaban J connectivity index is 1.42. The van der Waals surface area contributed by atoms with Crippen LogP contribution in [0.15, 0.2) is 23.3 Å². The molecule has 5 aliphatic rings. The van der Waals surface area contributed by atoms with Crippen molar-refractivity contribution in [2.75, 3.05) is 0 Å². The molecule has 5 aliphatic carbocycles. The minimum absolute atomic E-state index is 0.0828. The number of hydrogen-bond acceptors (Lipinski definition) is 2. The smallest absolute Gasteiger partial charge is 0.139 e. The van der Waals surface area contributed by atoms with E-state index in [1.165, 1.54) is 24.8 Å². The number of allylic oxidation sites excluding steroid dienone is 3. The van der Waals surface area contributed by atoms with Crippen molar-refractivity contribution < 1.29 is 9.90 Å². The van der Waals surface area contributed by atoms with Gasteiger partial charge in [-0.15, -0.1) is 0 Å². The maximum absolute atomic E-state index is 13.9. The molecule has 172 valence electrons. The van der Waals surface area contributed by atoms with Crippen LogP contribution >= 0.6 is 0 Å². The fourth-order valence-corrected chi connectivity index (χ4v) is 9.30. The van der Waals surface area contributed by atoms with E-state index < -0.39 is 0 Å². The second-order valence-electron chi connectivity index (χ2n) is 12.8. The molecule has 31 heavy (non-hydrogen) atoms. The molecule has 0 bridgehead atoms. The standard InChI is InChI=1S/C29H44O2/c1-18(2)7-6-8-19(3)21-10-11-22-20-9-12-24-27(4,14-13-25(30)29(24)15-16-29)23(20)17-26(31)28(21,22)5/h7,12,19-23,25,30H,6,8-11,13-17H2,1-5H3/t19-,20+,21-,22+,23+,25+,27-,28-/m1/s1. The number of rotatable bonds is 4. The first-order chi connectivity index (χ1) is 14.6. The molecule has 2 nitrogen and oxygen atoms in total. The number of ketones is 1. The summed E-state index contributed by atoms with van der Waals surface area (Å²) >= 11 is 0. The largest absolute Gasteiger partial charge is 0.392 e. The zero-order valence-corrected chi connectivity index (χ0v) is 20.5. The third kappa shape index (κ3) is 3.02. The summed E-state index contributed by atoms with van der Waals surface area (Å²) in [6, 6.07) is 0. The van der Waals surface area contributed by atoms with Crippen molar-refractivity contribution in [3.05, 3.63) is 23.3 Å². The Bertz CT molecular complexity index is 813. The van der Waals surface area contributed by atoms with E-state index in [9.17, 15) is 9.90 Å². The van der Waals surface area contributed by atoms with Crippen LogP contribution < -0.4 is 0 Å². The number of carbonyl (C=O) groups excluding carboxylic acids is 1. The Hall–Kier alpha value is -0.890. The zero-order valence-electron chi connectivity index (χ0n) is 20.5.